The zero-order chi connectivity index (χ0) is 8.69. The molecule has 0 atom stereocenters. The fourth-order valence-electron chi connectivity index (χ4n) is 0.650. The summed E-state index contributed by atoms with van der Waals surface area (Å²) in [4.78, 5) is 12.7. The van der Waals surface area contributed by atoms with E-state index in [1.165, 1.54) is 0 Å². The molecule has 66 valence electrons. The Hall–Kier alpha value is -0.610. The summed E-state index contributed by atoms with van der Waals surface area (Å²) in [6.07, 6.45) is 0.624. The SMILES string of the molecule is CN(C)CC(=O)NCCCO. The van der Waals surface area contributed by atoms with E-state index in [9.17, 15) is 4.79 Å². The van der Waals surface area contributed by atoms with E-state index in [0.717, 1.165) is 0 Å². The second-order valence-corrected chi connectivity index (χ2v) is 2.66. The molecule has 4 nitrogen and oxygen atoms in total. The van der Waals surface area contributed by atoms with Crippen LogP contribution in [0.2, 0.25) is 0 Å². The summed E-state index contributed by atoms with van der Waals surface area (Å²) in [5, 5.41) is 11.1. The first-order valence-electron chi connectivity index (χ1n) is 3.69. The highest BCUT2D eigenvalue weighted by Crippen LogP contribution is 1.76. The van der Waals surface area contributed by atoms with Crippen LogP contribution in [0, 0.1) is 0 Å². The summed E-state index contributed by atoms with van der Waals surface area (Å²) >= 11 is 0. The van der Waals surface area contributed by atoms with Gasteiger partial charge in [-0.3, -0.25) is 4.79 Å². The van der Waals surface area contributed by atoms with Crippen LogP contribution in [-0.4, -0.2) is 49.7 Å². The molecule has 0 heterocycles. The van der Waals surface area contributed by atoms with Crippen molar-refractivity contribution in [1.29, 1.82) is 0 Å². The number of rotatable bonds is 5. The number of carbonyl (C=O) groups excluding carboxylic acids is 1. The van der Waals surface area contributed by atoms with Gasteiger partial charge in [-0.2, -0.15) is 0 Å². The minimum Gasteiger partial charge on any atom is -0.396 e. The van der Waals surface area contributed by atoms with E-state index in [-0.39, 0.29) is 12.5 Å². The van der Waals surface area contributed by atoms with Crippen molar-refractivity contribution >= 4 is 5.91 Å². The van der Waals surface area contributed by atoms with E-state index in [0.29, 0.717) is 19.5 Å². The third-order valence-corrected chi connectivity index (χ3v) is 1.12. The summed E-state index contributed by atoms with van der Waals surface area (Å²) in [5.74, 6) is 0.00319. The smallest absolute Gasteiger partial charge is 0.234 e. The summed E-state index contributed by atoms with van der Waals surface area (Å²) in [6.45, 7) is 1.09. The van der Waals surface area contributed by atoms with Crippen LogP contribution in [-0.2, 0) is 4.79 Å². The highest BCUT2D eigenvalue weighted by Gasteiger charge is 1.99. The average Bonchev–Trinajstić information content (AvgIpc) is 1.86. The minimum absolute atomic E-state index is 0.00319. The molecule has 4 heteroatoms. The Kier molecular flexibility index (Phi) is 5.78. The molecular formula is C7H16N2O2. The molecule has 0 fully saturated rings. The molecule has 1 amide bonds. The number of aliphatic hydroxyl groups is 1. The Balaban J connectivity index is 3.23. The maximum Gasteiger partial charge on any atom is 0.234 e. The molecule has 11 heavy (non-hydrogen) atoms. The van der Waals surface area contributed by atoms with Crippen LogP contribution in [0.4, 0.5) is 0 Å². The molecule has 0 saturated carbocycles. The molecule has 0 bridgehead atoms. The number of likely N-dealkylation sites (N-methyl/N-ethyl adjacent to an activating group) is 1. The Morgan fingerprint density at radius 2 is 2.18 bits per heavy atom. The van der Waals surface area contributed by atoms with Crippen molar-refractivity contribution in [3.8, 4) is 0 Å². The number of carbonyl (C=O) groups is 1. The van der Waals surface area contributed by atoms with Crippen molar-refractivity contribution in [1.82, 2.24) is 10.2 Å². The Morgan fingerprint density at radius 3 is 2.64 bits per heavy atom. The lowest BCUT2D eigenvalue weighted by molar-refractivity contribution is -0.121. The second kappa shape index (κ2) is 6.12. The molecule has 0 aromatic rings. The Morgan fingerprint density at radius 1 is 1.55 bits per heavy atom. The number of hydrogen-bond acceptors (Lipinski definition) is 3. The van der Waals surface area contributed by atoms with Gasteiger partial charge in [-0.25, -0.2) is 0 Å². The van der Waals surface area contributed by atoms with Crippen LogP contribution in [0.3, 0.4) is 0 Å². The van der Waals surface area contributed by atoms with Gasteiger partial charge in [0.1, 0.15) is 0 Å². The molecule has 0 aliphatic heterocycles. The molecule has 0 unspecified atom stereocenters. The summed E-state index contributed by atoms with van der Waals surface area (Å²) in [7, 11) is 3.68. The predicted octanol–water partition coefficient (Wildman–Crippen LogP) is -0.953. The van der Waals surface area contributed by atoms with E-state index in [4.69, 9.17) is 5.11 Å². The number of aliphatic hydroxyl groups excluding tert-OH is 1. The first kappa shape index (κ1) is 10.4. The van der Waals surface area contributed by atoms with E-state index >= 15 is 0 Å². The Labute approximate surface area is 67.2 Å². The first-order valence-corrected chi connectivity index (χ1v) is 3.69. The lowest BCUT2D eigenvalue weighted by Gasteiger charge is -2.08. The van der Waals surface area contributed by atoms with Crippen molar-refractivity contribution in [3.05, 3.63) is 0 Å². The normalized spacial score (nSPS) is 10.2. The van der Waals surface area contributed by atoms with Crippen molar-refractivity contribution in [2.45, 2.75) is 6.42 Å². The van der Waals surface area contributed by atoms with Gasteiger partial charge in [-0.15, -0.1) is 0 Å². The van der Waals surface area contributed by atoms with E-state index in [1.54, 1.807) is 4.90 Å². The number of nitrogens with one attached hydrogen (secondary N) is 1. The van der Waals surface area contributed by atoms with Gasteiger partial charge in [0.25, 0.3) is 0 Å². The molecule has 0 aromatic heterocycles. The van der Waals surface area contributed by atoms with Crippen molar-refractivity contribution in [3.63, 3.8) is 0 Å². The highest BCUT2D eigenvalue weighted by molar-refractivity contribution is 5.77. The van der Waals surface area contributed by atoms with Gasteiger partial charge in [0, 0.05) is 13.2 Å². The molecule has 0 radical (unpaired) electrons. The number of hydrogen-bond donors (Lipinski definition) is 2. The molecule has 0 saturated heterocycles. The predicted molar refractivity (Wildman–Crippen MR) is 43.3 cm³/mol. The van der Waals surface area contributed by atoms with Gasteiger partial charge in [-0.05, 0) is 20.5 Å². The van der Waals surface area contributed by atoms with Crippen LogP contribution in [0.25, 0.3) is 0 Å². The van der Waals surface area contributed by atoms with Crippen LogP contribution in [0.1, 0.15) is 6.42 Å². The molecule has 0 aliphatic rings. The topological polar surface area (TPSA) is 52.6 Å². The van der Waals surface area contributed by atoms with Crippen molar-refractivity contribution < 1.29 is 9.90 Å². The number of amides is 1. The third-order valence-electron chi connectivity index (χ3n) is 1.12. The van der Waals surface area contributed by atoms with Gasteiger partial charge in [0.15, 0.2) is 0 Å². The van der Waals surface area contributed by atoms with E-state index in [1.807, 2.05) is 14.1 Å². The van der Waals surface area contributed by atoms with Gasteiger partial charge >= 0.3 is 0 Å². The quantitative estimate of drug-likeness (QED) is 0.510. The first-order chi connectivity index (χ1) is 5.16. The van der Waals surface area contributed by atoms with Gasteiger partial charge in [0.05, 0.1) is 6.54 Å². The third kappa shape index (κ3) is 7.29. The lowest BCUT2D eigenvalue weighted by atomic mass is 10.4. The van der Waals surface area contributed by atoms with Crippen molar-refractivity contribution in [2.75, 3.05) is 33.8 Å². The summed E-state index contributed by atoms with van der Waals surface area (Å²) in [6, 6.07) is 0. The molecule has 0 spiro atoms. The fraction of sp³-hybridized carbons (Fsp3) is 0.857. The Bertz CT molecular complexity index is 115. The van der Waals surface area contributed by atoms with Gasteiger partial charge < -0.3 is 15.3 Å². The zero-order valence-electron chi connectivity index (χ0n) is 7.13. The monoisotopic (exact) mass is 160 g/mol. The van der Waals surface area contributed by atoms with Gasteiger partial charge in [0.2, 0.25) is 5.91 Å². The van der Waals surface area contributed by atoms with Crippen molar-refractivity contribution in [2.24, 2.45) is 0 Å². The van der Waals surface area contributed by atoms with Gasteiger partial charge in [-0.1, -0.05) is 0 Å². The van der Waals surface area contributed by atoms with E-state index < -0.39 is 0 Å². The second-order valence-electron chi connectivity index (χ2n) is 2.66. The molecular weight excluding hydrogens is 144 g/mol. The number of nitrogens with zero attached hydrogens (tertiary/aromatic N) is 1. The minimum atomic E-state index is 0.00319. The van der Waals surface area contributed by atoms with Crippen LogP contribution in [0.5, 0.6) is 0 Å². The largest absolute Gasteiger partial charge is 0.396 e. The summed E-state index contributed by atoms with van der Waals surface area (Å²) in [5.41, 5.74) is 0. The molecule has 2 N–H and O–H groups in total. The fourth-order valence-corrected chi connectivity index (χ4v) is 0.650. The summed E-state index contributed by atoms with van der Waals surface area (Å²) < 4.78 is 0. The zero-order valence-corrected chi connectivity index (χ0v) is 7.13. The molecule has 0 aliphatic carbocycles. The van der Waals surface area contributed by atoms with Crippen LogP contribution in [0.15, 0.2) is 0 Å². The highest BCUT2D eigenvalue weighted by atomic mass is 16.3. The molecule has 0 rings (SSSR count). The average molecular weight is 160 g/mol. The lowest BCUT2D eigenvalue weighted by Crippen LogP contribution is -2.33. The van der Waals surface area contributed by atoms with Crippen LogP contribution < -0.4 is 5.32 Å². The van der Waals surface area contributed by atoms with E-state index in [2.05, 4.69) is 5.32 Å². The molecule has 0 aromatic carbocycles. The maximum absolute atomic E-state index is 10.9. The maximum atomic E-state index is 10.9. The standard InChI is InChI=1S/C7H16N2O2/c1-9(2)6-7(11)8-4-3-5-10/h10H,3-6H2,1-2H3,(H,8,11). The van der Waals surface area contributed by atoms with Crippen LogP contribution >= 0.6 is 0 Å².